The zero-order valence-corrected chi connectivity index (χ0v) is 17.0. The molecule has 7 heteroatoms. The largest absolute Gasteiger partial charge is 0.484 e. The lowest BCUT2D eigenvalue weighted by Crippen LogP contribution is -2.37. The Hall–Kier alpha value is -2.38. The lowest BCUT2D eigenvalue weighted by atomic mass is 10.1. The van der Waals surface area contributed by atoms with Crippen LogP contribution in [0, 0.1) is 20.8 Å². The van der Waals surface area contributed by atoms with Gasteiger partial charge in [-0.05, 0) is 56.2 Å². The number of nitrogens with zero attached hydrogens (tertiary/aromatic N) is 1. The van der Waals surface area contributed by atoms with Gasteiger partial charge in [-0.2, -0.15) is 4.31 Å². The fourth-order valence-electron chi connectivity index (χ4n) is 2.37. The van der Waals surface area contributed by atoms with Gasteiger partial charge in [-0.3, -0.25) is 4.79 Å². The van der Waals surface area contributed by atoms with Gasteiger partial charge in [0.2, 0.25) is 10.0 Å². The number of hydrogen-bond acceptors (Lipinski definition) is 4. The molecule has 0 fully saturated rings. The summed E-state index contributed by atoms with van der Waals surface area (Å²) in [5.74, 6) is 0.335. The molecule has 0 aliphatic carbocycles. The number of carbonyl (C=O) groups is 1. The second-order valence-electron chi connectivity index (χ2n) is 6.52. The molecule has 0 unspecified atom stereocenters. The van der Waals surface area contributed by atoms with E-state index in [1.165, 1.54) is 11.4 Å². The Morgan fingerprint density at radius 2 is 1.70 bits per heavy atom. The van der Waals surface area contributed by atoms with Crippen molar-refractivity contribution in [3.8, 4) is 5.75 Å². The van der Waals surface area contributed by atoms with Crippen LogP contribution >= 0.6 is 0 Å². The molecular weight excluding hydrogens is 364 g/mol. The Balaban J connectivity index is 1.79. The van der Waals surface area contributed by atoms with E-state index < -0.39 is 10.0 Å². The van der Waals surface area contributed by atoms with Gasteiger partial charge in [0.05, 0.1) is 4.90 Å². The monoisotopic (exact) mass is 390 g/mol. The van der Waals surface area contributed by atoms with Crippen LogP contribution in [0.3, 0.4) is 0 Å². The maximum absolute atomic E-state index is 12.5. The number of likely N-dealkylation sites (N-methyl/N-ethyl adjacent to an activating group) is 1. The summed E-state index contributed by atoms with van der Waals surface area (Å²) in [5, 5.41) is 2.67. The second-order valence-corrected chi connectivity index (χ2v) is 8.57. The van der Waals surface area contributed by atoms with Crippen LogP contribution < -0.4 is 10.1 Å². The van der Waals surface area contributed by atoms with Gasteiger partial charge in [0.1, 0.15) is 5.75 Å². The molecule has 0 bridgehead atoms. The highest BCUT2D eigenvalue weighted by Gasteiger charge is 2.20. The van der Waals surface area contributed by atoms with Crippen LogP contribution in [0.15, 0.2) is 47.4 Å². The van der Waals surface area contributed by atoms with Crippen molar-refractivity contribution in [3.05, 3.63) is 59.2 Å². The summed E-state index contributed by atoms with van der Waals surface area (Å²) in [6.45, 7) is 6.15. The lowest BCUT2D eigenvalue weighted by molar-refractivity contribution is -0.123. The number of nitrogens with one attached hydrogen (secondary N) is 1. The molecule has 6 nitrogen and oxygen atoms in total. The van der Waals surface area contributed by atoms with E-state index in [4.69, 9.17) is 4.74 Å². The second kappa shape index (κ2) is 9.01. The van der Waals surface area contributed by atoms with Crippen molar-refractivity contribution >= 4 is 15.9 Å². The van der Waals surface area contributed by atoms with Crippen LogP contribution in [0.4, 0.5) is 0 Å². The molecule has 0 aliphatic rings. The molecule has 0 aromatic heterocycles. The summed E-state index contributed by atoms with van der Waals surface area (Å²) in [6.07, 6.45) is 0. The van der Waals surface area contributed by atoms with Crippen molar-refractivity contribution < 1.29 is 17.9 Å². The average molecular weight is 391 g/mol. The third-order valence-corrected chi connectivity index (χ3v) is 6.20. The van der Waals surface area contributed by atoms with Gasteiger partial charge < -0.3 is 10.1 Å². The quantitative estimate of drug-likeness (QED) is 0.751. The third kappa shape index (κ3) is 5.80. The number of ether oxygens (including phenoxy) is 1. The van der Waals surface area contributed by atoms with E-state index in [0.717, 1.165) is 16.7 Å². The van der Waals surface area contributed by atoms with Crippen LogP contribution in [0.5, 0.6) is 5.75 Å². The summed E-state index contributed by atoms with van der Waals surface area (Å²) in [6, 6.07) is 12.3. The molecule has 27 heavy (non-hydrogen) atoms. The third-order valence-electron chi connectivity index (χ3n) is 4.33. The topological polar surface area (TPSA) is 75.7 Å². The highest BCUT2D eigenvalue weighted by atomic mass is 32.2. The van der Waals surface area contributed by atoms with Gasteiger partial charge in [-0.25, -0.2) is 8.42 Å². The molecular formula is C20H26N2O4S. The van der Waals surface area contributed by atoms with Crippen molar-refractivity contribution in [3.63, 3.8) is 0 Å². The minimum Gasteiger partial charge on any atom is -0.484 e. The molecule has 2 rings (SSSR count). The van der Waals surface area contributed by atoms with E-state index >= 15 is 0 Å². The summed E-state index contributed by atoms with van der Waals surface area (Å²) in [4.78, 5) is 12.1. The summed E-state index contributed by atoms with van der Waals surface area (Å²) in [5.41, 5.74) is 3.24. The first-order valence-corrected chi connectivity index (χ1v) is 10.1. The Bertz CT molecular complexity index is 893. The minimum atomic E-state index is -3.57. The maximum Gasteiger partial charge on any atom is 0.257 e. The molecule has 0 spiro atoms. The van der Waals surface area contributed by atoms with Crippen LogP contribution in [-0.2, 0) is 14.8 Å². The smallest absolute Gasteiger partial charge is 0.257 e. The molecule has 146 valence electrons. The van der Waals surface area contributed by atoms with Gasteiger partial charge in [0.15, 0.2) is 6.61 Å². The van der Waals surface area contributed by atoms with Gasteiger partial charge >= 0.3 is 0 Å². The van der Waals surface area contributed by atoms with Gasteiger partial charge in [-0.15, -0.1) is 0 Å². The summed E-state index contributed by atoms with van der Waals surface area (Å²) < 4.78 is 31.6. The fraction of sp³-hybridized carbons (Fsp3) is 0.350. The molecule has 0 heterocycles. The highest BCUT2D eigenvalue weighted by molar-refractivity contribution is 7.89. The number of sulfonamides is 1. The van der Waals surface area contributed by atoms with Gasteiger partial charge in [0, 0.05) is 20.1 Å². The lowest BCUT2D eigenvalue weighted by Gasteiger charge is -2.17. The number of hydrogen-bond donors (Lipinski definition) is 1. The molecule has 2 aromatic rings. The number of rotatable bonds is 8. The molecule has 0 saturated heterocycles. The van der Waals surface area contributed by atoms with E-state index in [-0.39, 0.29) is 30.5 Å². The van der Waals surface area contributed by atoms with E-state index in [9.17, 15) is 13.2 Å². The van der Waals surface area contributed by atoms with E-state index in [0.29, 0.717) is 5.75 Å². The SMILES string of the molecule is Cc1ccc(S(=O)(=O)N(C)CCNC(=O)COc2ccc(C)c(C)c2)cc1. The molecule has 0 radical (unpaired) electrons. The molecule has 1 amide bonds. The van der Waals surface area contributed by atoms with Crippen molar-refractivity contribution in [2.75, 3.05) is 26.7 Å². The van der Waals surface area contributed by atoms with Crippen LogP contribution in [0.1, 0.15) is 16.7 Å². The number of benzene rings is 2. The maximum atomic E-state index is 12.5. The first-order valence-electron chi connectivity index (χ1n) is 8.70. The van der Waals surface area contributed by atoms with Crippen molar-refractivity contribution in [2.24, 2.45) is 0 Å². The normalized spacial score (nSPS) is 11.4. The number of aryl methyl sites for hydroxylation is 3. The Morgan fingerprint density at radius 3 is 2.33 bits per heavy atom. The molecule has 1 N–H and O–H groups in total. The predicted molar refractivity (Wildman–Crippen MR) is 105 cm³/mol. The number of carbonyl (C=O) groups excluding carboxylic acids is 1. The van der Waals surface area contributed by atoms with Crippen LogP contribution in [0.2, 0.25) is 0 Å². The van der Waals surface area contributed by atoms with E-state index in [1.54, 1.807) is 24.3 Å². The van der Waals surface area contributed by atoms with Crippen molar-refractivity contribution in [2.45, 2.75) is 25.7 Å². The molecule has 2 aromatic carbocycles. The minimum absolute atomic E-state index is 0.114. The Kier molecular flexibility index (Phi) is 6.98. The van der Waals surface area contributed by atoms with Crippen LogP contribution in [0.25, 0.3) is 0 Å². The first-order chi connectivity index (χ1) is 12.7. The molecule has 0 aliphatic heterocycles. The highest BCUT2D eigenvalue weighted by Crippen LogP contribution is 2.16. The Morgan fingerprint density at radius 1 is 1.04 bits per heavy atom. The number of amides is 1. The van der Waals surface area contributed by atoms with Gasteiger partial charge in [-0.1, -0.05) is 23.8 Å². The van der Waals surface area contributed by atoms with Crippen LogP contribution in [-0.4, -0.2) is 45.4 Å². The summed E-state index contributed by atoms with van der Waals surface area (Å²) >= 11 is 0. The van der Waals surface area contributed by atoms with Gasteiger partial charge in [0.25, 0.3) is 5.91 Å². The van der Waals surface area contributed by atoms with E-state index in [1.807, 2.05) is 39.0 Å². The predicted octanol–water partition coefficient (Wildman–Crippen LogP) is 2.43. The first kappa shape index (κ1) is 20.9. The molecule has 0 atom stereocenters. The summed E-state index contributed by atoms with van der Waals surface area (Å²) in [7, 11) is -2.07. The zero-order valence-electron chi connectivity index (χ0n) is 16.2. The standard InChI is InChI=1S/C20H26N2O4S/c1-15-5-9-19(10-6-15)27(24,25)22(4)12-11-21-20(23)14-26-18-8-7-16(2)17(3)13-18/h5-10,13H,11-12,14H2,1-4H3,(H,21,23). The Labute approximate surface area is 161 Å². The molecule has 0 saturated carbocycles. The van der Waals surface area contributed by atoms with E-state index in [2.05, 4.69) is 5.32 Å². The average Bonchev–Trinajstić information content (AvgIpc) is 2.63. The fourth-order valence-corrected chi connectivity index (χ4v) is 3.54. The van der Waals surface area contributed by atoms with Crippen molar-refractivity contribution in [1.29, 1.82) is 0 Å². The zero-order chi connectivity index (χ0) is 20.0. The van der Waals surface area contributed by atoms with Crippen molar-refractivity contribution in [1.82, 2.24) is 9.62 Å².